The first kappa shape index (κ1) is 14.0. The Labute approximate surface area is 119 Å². The van der Waals surface area contributed by atoms with Gasteiger partial charge in [-0.15, -0.1) is 11.3 Å². The molecule has 2 rings (SSSR count). The number of nitrogens with one attached hydrogen (secondary N) is 1. The molecule has 0 spiro atoms. The third-order valence-electron chi connectivity index (χ3n) is 2.46. The van der Waals surface area contributed by atoms with Crippen molar-refractivity contribution >= 4 is 33.9 Å². The second-order valence-electron chi connectivity index (χ2n) is 4.05. The number of aromatic nitrogens is 1. The summed E-state index contributed by atoms with van der Waals surface area (Å²) in [6.07, 6.45) is 2.42. The Balaban J connectivity index is 2.09. The highest BCUT2D eigenvalue weighted by molar-refractivity contribution is 7.13. The highest BCUT2D eigenvalue weighted by Crippen LogP contribution is 2.14. The molecule has 0 atom stereocenters. The lowest BCUT2D eigenvalue weighted by molar-refractivity contribution is -0.131. The lowest BCUT2D eigenvalue weighted by Crippen LogP contribution is -2.21. The first-order valence-corrected chi connectivity index (χ1v) is 6.67. The van der Waals surface area contributed by atoms with Gasteiger partial charge in [-0.3, -0.25) is 14.9 Å². The monoisotopic (exact) mass is 288 g/mol. The van der Waals surface area contributed by atoms with Gasteiger partial charge in [-0.1, -0.05) is 23.8 Å². The Bertz CT molecular complexity index is 663. The minimum Gasteiger partial charge on any atom is -0.507 e. The van der Waals surface area contributed by atoms with Crippen LogP contribution in [0.25, 0.3) is 5.76 Å². The molecule has 6 heteroatoms. The Kier molecular flexibility index (Phi) is 4.27. The van der Waals surface area contributed by atoms with Crippen molar-refractivity contribution in [3.63, 3.8) is 0 Å². The van der Waals surface area contributed by atoms with Crippen LogP contribution in [0.5, 0.6) is 0 Å². The van der Waals surface area contributed by atoms with Gasteiger partial charge in [0.1, 0.15) is 5.76 Å². The number of anilines is 1. The molecule has 0 saturated heterocycles. The summed E-state index contributed by atoms with van der Waals surface area (Å²) >= 11 is 1.21. The van der Waals surface area contributed by atoms with E-state index in [1.165, 1.54) is 17.5 Å². The van der Waals surface area contributed by atoms with Crippen molar-refractivity contribution in [1.82, 2.24) is 4.98 Å². The minimum absolute atomic E-state index is 0.243. The molecular formula is C14H12N2O3S. The molecule has 0 aliphatic heterocycles. The van der Waals surface area contributed by atoms with Gasteiger partial charge in [0, 0.05) is 23.2 Å². The van der Waals surface area contributed by atoms with Crippen molar-refractivity contribution in [1.29, 1.82) is 0 Å². The Morgan fingerprint density at radius 2 is 2.20 bits per heavy atom. The van der Waals surface area contributed by atoms with Crippen LogP contribution in [0.3, 0.4) is 0 Å². The average Bonchev–Trinajstić information content (AvgIpc) is 2.91. The fourth-order valence-electron chi connectivity index (χ4n) is 1.52. The fraction of sp³-hybridized carbons (Fsp3) is 0.0714. The normalized spacial score (nSPS) is 11.2. The lowest BCUT2D eigenvalue weighted by atomic mass is 10.1. The zero-order valence-electron chi connectivity index (χ0n) is 10.7. The van der Waals surface area contributed by atoms with Gasteiger partial charge in [-0.05, 0) is 13.0 Å². The summed E-state index contributed by atoms with van der Waals surface area (Å²) in [6, 6.07) is 7.01. The van der Waals surface area contributed by atoms with Gasteiger partial charge >= 0.3 is 0 Å². The summed E-state index contributed by atoms with van der Waals surface area (Å²) in [5, 5.41) is 14.2. The second-order valence-corrected chi connectivity index (χ2v) is 4.95. The van der Waals surface area contributed by atoms with Crippen molar-refractivity contribution in [2.75, 3.05) is 5.32 Å². The van der Waals surface area contributed by atoms with Gasteiger partial charge in [-0.25, -0.2) is 4.98 Å². The standard InChI is InChI=1S/C14H12N2O3S/c1-9-3-2-4-10(7-9)11(17)8-12(18)13(19)16-14-15-5-6-20-14/h2-8,17H,1H3,(H,15,16,19)/b11-8+. The molecule has 1 aromatic heterocycles. The van der Waals surface area contributed by atoms with Crippen molar-refractivity contribution in [3.8, 4) is 0 Å². The zero-order chi connectivity index (χ0) is 14.5. The highest BCUT2D eigenvalue weighted by Gasteiger charge is 2.14. The summed E-state index contributed by atoms with van der Waals surface area (Å²) in [6.45, 7) is 1.87. The number of benzene rings is 1. The first-order valence-electron chi connectivity index (χ1n) is 5.79. The molecule has 0 aliphatic rings. The van der Waals surface area contributed by atoms with Gasteiger partial charge in [0.25, 0.3) is 5.91 Å². The van der Waals surface area contributed by atoms with Crippen molar-refractivity contribution < 1.29 is 14.7 Å². The number of aliphatic hydroxyl groups is 1. The number of rotatable bonds is 4. The van der Waals surface area contributed by atoms with E-state index in [1.807, 2.05) is 13.0 Å². The predicted molar refractivity (Wildman–Crippen MR) is 77.5 cm³/mol. The van der Waals surface area contributed by atoms with Crippen molar-refractivity contribution in [3.05, 3.63) is 53.0 Å². The van der Waals surface area contributed by atoms with Crippen molar-refractivity contribution in [2.24, 2.45) is 0 Å². The van der Waals surface area contributed by atoms with E-state index >= 15 is 0 Å². The molecule has 0 saturated carbocycles. The van der Waals surface area contributed by atoms with Crippen LogP contribution in [0.15, 0.2) is 41.9 Å². The summed E-state index contributed by atoms with van der Waals surface area (Å²) in [4.78, 5) is 27.1. The molecule has 102 valence electrons. The third-order valence-corrected chi connectivity index (χ3v) is 3.15. The maximum Gasteiger partial charge on any atom is 0.298 e. The van der Waals surface area contributed by atoms with Crippen LogP contribution in [0, 0.1) is 6.92 Å². The van der Waals surface area contributed by atoms with Gasteiger partial charge in [0.05, 0.1) is 0 Å². The minimum atomic E-state index is -0.834. The van der Waals surface area contributed by atoms with E-state index in [0.29, 0.717) is 10.7 Å². The van der Waals surface area contributed by atoms with Crippen LogP contribution in [0.2, 0.25) is 0 Å². The summed E-state index contributed by atoms with van der Waals surface area (Å²) in [5.41, 5.74) is 1.43. The summed E-state index contributed by atoms with van der Waals surface area (Å²) in [7, 11) is 0. The zero-order valence-corrected chi connectivity index (χ0v) is 11.5. The number of carbonyl (C=O) groups excluding carboxylic acids is 2. The number of thiazole rings is 1. The molecule has 5 nitrogen and oxygen atoms in total. The maximum absolute atomic E-state index is 11.7. The molecule has 0 aliphatic carbocycles. The number of hydrogen-bond donors (Lipinski definition) is 2. The van der Waals surface area contributed by atoms with E-state index in [1.54, 1.807) is 23.6 Å². The lowest BCUT2D eigenvalue weighted by Gasteiger charge is -2.01. The number of aliphatic hydroxyl groups excluding tert-OH is 1. The molecule has 0 radical (unpaired) electrons. The van der Waals surface area contributed by atoms with E-state index in [9.17, 15) is 14.7 Å². The molecule has 1 aromatic carbocycles. The summed E-state index contributed by atoms with van der Waals surface area (Å²) in [5.74, 6) is -1.91. The Morgan fingerprint density at radius 1 is 1.40 bits per heavy atom. The van der Waals surface area contributed by atoms with Gasteiger partial charge in [0.2, 0.25) is 5.78 Å². The molecular weight excluding hydrogens is 276 g/mol. The largest absolute Gasteiger partial charge is 0.507 e. The van der Waals surface area contributed by atoms with Crippen LogP contribution in [0.4, 0.5) is 5.13 Å². The maximum atomic E-state index is 11.7. The van der Waals surface area contributed by atoms with Crippen molar-refractivity contribution in [2.45, 2.75) is 6.92 Å². The van der Waals surface area contributed by atoms with Crippen LogP contribution in [-0.4, -0.2) is 21.8 Å². The van der Waals surface area contributed by atoms with Crippen LogP contribution in [-0.2, 0) is 9.59 Å². The van der Waals surface area contributed by atoms with Gasteiger partial charge in [0.15, 0.2) is 5.13 Å². The van der Waals surface area contributed by atoms with Gasteiger partial charge < -0.3 is 5.11 Å². The molecule has 1 heterocycles. The highest BCUT2D eigenvalue weighted by atomic mass is 32.1. The second kappa shape index (κ2) is 6.12. The van der Waals surface area contributed by atoms with Gasteiger partial charge in [-0.2, -0.15) is 0 Å². The molecule has 1 amide bonds. The number of carbonyl (C=O) groups is 2. The molecule has 0 unspecified atom stereocenters. The van der Waals surface area contributed by atoms with E-state index < -0.39 is 11.7 Å². The summed E-state index contributed by atoms with van der Waals surface area (Å²) < 4.78 is 0. The predicted octanol–water partition coefficient (Wildman–Crippen LogP) is 2.56. The first-order chi connectivity index (χ1) is 9.56. The molecule has 0 bridgehead atoms. The van der Waals surface area contributed by atoms with Crippen LogP contribution in [0.1, 0.15) is 11.1 Å². The van der Waals surface area contributed by atoms with E-state index in [-0.39, 0.29) is 5.76 Å². The van der Waals surface area contributed by atoms with E-state index in [4.69, 9.17) is 0 Å². The SMILES string of the molecule is Cc1cccc(/C(O)=C\C(=O)C(=O)Nc2nccs2)c1. The van der Waals surface area contributed by atoms with Crippen LogP contribution >= 0.6 is 11.3 Å². The number of amides is 1. The number of aryl methyl sites for hydroxylation is 1. The quantitative estimate of drug-likeness (QED) is 0.515. The van der Waals surface area contributed by atoms with Crippen LogP contribution < -0.4 is 5.32 Å². The molecule has 0 fully saturated rings. The Hall–Kier alpha value is -2.47. The van der Waals surface area contributed by atoms with E-state index in [2.05, 4.69) is 10.3 Å². The molecule has 20 heavy (non-hydrogen) atoms. The number of nitrogens with zero attached hydrogens (tertiary/aromatic N) is 1. The average molecular weight is 288 g/mol. The molecule has 2 N–H and O–H groups in total. The number of hydrogen-bond acceptors (Lipinski definition) is 5. The number of ketones is 1. The fourth-order valence-corrected chi connectivity index (χ4v) is 2.05. The Morgan fingerprint density at radius 3 is 2.85 bits per heavy atom. The molecule has 2 aromatic rings. The third kappa shape index (κ3) is 3.52. The topological polar surface area (TPSA) is 79.3 Å². The van der Waals surface area contributed by atoms with E-state index in [0.717, 1.165) is 11.6 Å². The smallest absolute Gasteiger partial charge is 0.298 e.